The van der Waals surface area contributed by atoms with Crippen LogP contribution in [0.3, 0.4) is 0 Å². The summed E-state index contributed by atoms with van der Waals surface area (Å²) >= 11 is 0. The molecule has 0 fully saturated rings. The van der Waals surface area contributed by atoms with Crippen molar-refractivity contribution in [1.82, 2.24) is 9.55 Å². The van der Waals surface area contributed by atoms with Gasteiger partial charge in [0, 0.05) is 12.2 Å². The summed E-state index contributed by atoms with van der Waals surface area (Å²) in [5.74, 6) is 0.450. The minimum Gasteiger partial charge on any atom is -0.395 e. The molecule has 0 saturated carbocycles. The van der Waals surface area contributed by atoms with Crippen LogP contribution in [0.15, 0.2) is 48.5 Å². The van der Waals surface area contributed by atoms with E-state index < -0.39 is 0 Å². The van der Waals surface area contributed by atoms with Crippen molar-refractivity contribution in [3.63, 3.8) is 0 Å². The van der Waals surface area contributed by atoms with Crippen LogP contribution in [-0.2, 0) is 17.8 Å². The molecule has 1 aromatic heterocycles. The van der Waals surface area contributed by atoms with Crippen LogP contribution in [-0.4, -0.2) is 33.7 Å². The van der Waals surface area contributed by atoms with Crippen LogP contribution in [0.25, 0.3) is 11.0 Å². The molecular formula is C19H22N4O2. The van der Waals surface area contributed by atoms with E-state index in [-0.39, 0.29) is 19.1 Å². The fourth-order valence-corrected chi connectivity index (χ4v) is 2.71. The molecule has 0 atom stereocenters. The highest BCUT2D eigenvalue weighted by Gasteiger charge is 2.13. The SMILES string of the molecule is CCc1ccc(NC(=O)Cn2c(NCCO)nc3ccccc32)cc1. The molecule has 3 aromatic rings. The maximum atomic E-state index is 12.5. The third-order valence-electron chi connectivity index (χ3n) is 4.00. The van der Waals surface area contributed by atoms with Gasteiger partial charge in [0.15, 0.2) is 0 Å². The van der Waals surface area contributed by atoms with Gasteiger partial charge in [-0.3, -0.25) is 4.79 Å². The maximum absolute atomic E-state index is 12.5. The third-order valence-corrected chi connectivity index (χ3v) is 4.00. The van der Waals surface area contributed by atoms with Gasteiger partial charge >= 0.3 is 0 Å². The van der Waals surface area contributed by atoms with Crippen molar-refractivity contribution in [3.8, 4) is 0 Å². The molecule has 3 rings (SSSR count). The molecule has 3 N–H and O–H groups in total. The number of hydrogen-bond donors (Lipinski definition) is 3. The first-order valence-electron chi connectivity index (χ1n) is 8.40. The van der Waals surface area contributed by atoms with Gasteiger partial charge in [-0.25, -0.2) is 4.98 Å². The van der Waals surface area contributed by atoms with Gasteiger partial charge in [-0.05, 0) is 36.2 Å². The molecule has 6 heteroatoms. The van der Waals surface area contributed by atoms with E-state index in [1.807, 2.05) is 53.1 Å². The number of aliphatic hydroxyl groups excluding tert-OH is 1. The lowest BCUT2D eigenvalue weighted by Gasteiger charge is -2.11. The highest BCUT2D eigenvalue weighted by molar-refractivity contribution is 5.92. The summed E-state index contributed by atoms with van der Waals surface area (Å²) in [6.07, 6.45) is 0.967. The molecule has 0 radical (unpaired) electrons. The summed E-state index contributed by atoms with van der Waals surface area (Å²) in [6.45, 7) is 2.62. The number of anilines is 2. The summed E-state index contributed by atoms with van der Waals surface area (Å²) in [5, 5.41) is 15.0. The molecule has 2 aromatic carbocycles. The number of amides is 1. The number of nitrogens with one attached hydrogen (secondary N) is 2. The van der Waals surface area contributed by atoms with Crippen LogP contribution in [0.5, 0.6) is 0 Å². The maximum Gasteiger partial charge on any atom is 0.244 e. The first-order valence-corrected chi connectivity index (χ1v) is 8.40. The molecule has 0 aliphatic rings. The quantitative estimate of drug-likeness (QED) is 0.619. The van der Waals surface area contributed by atoms with Crippen molar-refractivity contribution in [2.75, 3.05) is 23.8 Å². The van der Waals surface area contributed by atoms with E-state index in [9.17, 15) is 4.79 Å². The Morgan fingerprint density at radius 1 is 1.16 bits per heavy atom. The van der Waals surface area contributed by atoms with Gasteiger partial charge in [0.05, 0.1) is 17.6 Å². The second-order valence-corrected chi connectivity index (χ2v) is 5.76. The van der Waals surface area contributed by atoms with E-state index in [2.05, 4.69) is 22.5 Å². The van der Waals surface area contributed by atoms with Crippen LogP contribution in [0.1, 0.15) is 12.5 Å². The Labute approximate surface area is 146 Å². The Hall–Kier alpha value is -2.86. The molecule has 0 aliphatic carbocycles. The van der Waals surface area contributed by atoms with Gasteiger partial charge in [-0.15, -0.1) is 0 Å². The van der Waals surface area contributed by atoms with Gasteiger partial charge in [-0.1, -0.05) is 31.2 Å². The highest BCUT2D eigenvalue weighted by Crippen LogP contribution is 2.19. The van der Waals surface area contributed by atoms with E-state index in [0.29, 0.717) is 12.5 Å². The monoisotopic (exact) mass is 338 g/mol. The van der Waals surface area contributed by atoms with Crippen molar-refractivity contribution in [2.24, 2.45) is 0 Å². The number of imidazole rings is 1. The zero-order chi connectivity index (χ0) is 17.6. The Morgan fingerprint density at radius 3 is 2.64 bits per heavy atom. The van der Waals surface area contributed by atoms with E-state index in [0.717, 1.165) is 23.1 Å². The number of para-hydroxylation sites is 2. The van der Waals surface area contributed by atoms with Gasteiger partial charge < -0.3 is 20.3 Å². The number of aliphatic hydroxyl groups is 1. The minimum absolute atomic E-state index is 0.000815. The predicted molar refractivity (Wildman–Crippen MR) is 99.8 cm³/mol. The zero-order valence-corrected chi connectivity index (χ0v) is 14.2. The van der Waals surface area contributed by atoms with Gasteiger partial charge in [-0.2, -0.15) is 0 Å². The first-order chi connectivity index (χ1) is 12.2. The lowest BCUT2D eigenvalue weighted by Crippen LogP contribution is -2.21. The number of nitrogens with zero attached hydrogens (tertiary/aromatic N) is 2. The standard InChI is InChI=1S/C19H22N4O2/c1-2-14-7-9-15(10-8-14)21-18(25)13-23-17-6-4-3-5-16(17)22-19(23)20-11-12-24/h3-10,24H,2,11-13H2,1H3,(H,20,22)(H,21,25). The number of carbonyl (C=O) groups excluding carboxylic acids is 1. The second kappa shape index (κ2) is 7.81. The van der Waals surface area contributed by atoms with Crippen LogP contribution >= 0.6 is 0 Å². The van der Waals surface area contributed by atoms with E-state index in [1.54, 1.807) is 0 Å². The lowest BCUT2D eigenvalue weighted by atomic mass is 10.1. The minimum atomic E-state index is -0.126. The molecule has 25 heavy (non-hydrogen) atoms. The number of rotatable bonds is 7. The van der Waals surface area contributed by atoms with E-state index >= 15 is 0 Å². The van der Waals surface area contributed by atoms with Crippen LogP contribution in [0.4, 0.5) is 11.6 Å². The Kier molecular flexibility index (Phi) is 5.30. The predicted octanol–water partition coefficient (Wildman–Crippen LogP) is 2.64. The molecule has 0 spiro atoms. The Bertz CT molecular complexity index is 855. The van der Waals surface area contributed by atoms with Gasteiger partial charge in [0.25, 0.3) is 0 Å². The van der Waals surface area contributed by atoms with E-state index in [4.69, 9.17) is 5.11 Å². The average molecular weight is 338 g/mol. The molecule has 6 nitrogen and oxygen atoms in total. The van der Waals surface area contributed by atoms with Crippen LogP contribution in [0.2, 0.25) is 0 Å². The molecule has 130 valence electrons. The van der Waals surface area contributed by atoms with Crippen LogP contribution in [0, 0.1) is 0 Å². The summed E-state index contributed by atoms with van der Waals surface area (Å²) in [6, 6.07) is 15.5. The largest absolute Gasteiger partial charge is 0.395 e. The molecule has 0 unspecified atom stereocenters. The number of fused-ring (bicyclic) bond motifs is 1. The number of carbonyl (C=O) groups is 1. The third kappa shape index (κ3) is 3.97. The Morgan fingerprint density at radius 2 is 1.92 bits per heavy atom. The van der Waals surface area contributed by atoms with Crippen LogP contribution < -0.4 is 10.6 Å². The first kappa shape index (κ1) is 17.0. The summed E-state index contributed by atoms with van der Waals surface area (Å²) in [4.78, 5) is 17.0. The molecule has 1 amide bonds. The van der Waals surface area contributed by atoms with Crippen molar-refractivity contribution < 1.29 is 9.90 Å². The van der Waals surface area contributed by atoms with Gasteiger partial charge in [0.1, 0.15) is 6.54 Å². The summed E-state index contributed by atoms with van der Waals surface area (Å²) < 4.78 is 1.82. The van der Waals surface area contributed by atoms with Crippen molar-refractivity contribution >= 4 is 28.6 Å². The summed E-state index contributed by atoms with van der Waals surface area (Å²) in [5.41, 5.74) is 3.69. The lowest BCUT2D eigenvalue weighted by molar-refractivity contribution is -0.116. The number of benzene rings is 2. The fourth-order valence-electron chi connectivity index (χ4n) is 2.71. The van der Waals surface area contributed by atoms with Gasteiger partial charge in [0.2, 0.25) is 11.9 Å². The number of aromatic nitrogens is 2. The van der Waals surface area contributed by atoms with Crippen molar-refractivity contribution in [2.45, 2.75) is 19.9 Å². The molecule has 1 heterocycles. The van der Waals surface area contributed by atoms with Crippen molar-refractivity contribution in [1.29, 1.82) is 0 Å². The number of hydrogen-bond acceptors (Lipinski definition) is 4. The molecule has 0 bridgehead atoms. The normalized spacial score (nSPS) is 10.8. The summed E-state index contributed by atoms with van der Waals surface area (Å²) in [7, 11) is 0. The average Bonchev–Trinajstić information content (AvgIpc) is 2.98. The Balaban J connectivity index is 1.79. The molecule has 0 saturated heterocycles. The molecule has 0 aliphatic heterocycles. The van der Waals surface area contributed by atoms with Crippen molar-refractivity contribution in [3.05, 3.63) is 54.1 Å². The topological polar surface area (TPSA) is 79.2 Å². The fraction of sp³-hybridized carbons (Fsp3) is 0.263. The highest BCUT2D eigenvalue weighted by atomic mass is 16.3. The zero-order valence-electron chi connectivity index (χ0n) is 14.2. The number of aryl methyl sites for hydroxylation is 1. The second-order valence-electron chi connectivity index (χ2n) is 5.76. The smallest absolute Gasteiger partial charge is 0.244 e. The van der Waals surface area contributed by atoms with E-state index in [1.165, 1.54) is 5.56 Å². The molecular weight excluding hydrogens is 316 g/mol.